The number of rotatable bonds is 4. The molecule has 0 saturated heterocycles. The van der Waals surface area contributed by atoms with E-state index in [9.17, 15) is 0 Å². The van der Waals surface area contributed by atoms with Gasteiger partial charge in [0.05, 0.1) is 0 Å². The molecule has 1 heterocycles. The van der Waals surface area contributed by atoms with Gasteiger partial charge in [-0.15, -0.1) is 0 Å². The molecule has 0 fully saturated rings. The van der Waals surface area contributed by atoms with Gasteiger partial charge in [0.1, 0.15) is 0 Å². The van der Waals surface area contributed by atoms with E-state index >= 15 is 0 Å². The number of nitrogens with one attached hydrogen (secondary N) is 2. The first-order valence-corrected chi connectivity index (χ1v) is 5.71. The first kappa shape index (κ1) is 10.5. The number of thiophene rings is 1. The van der Waals surface area contributed by atoms with E-state index in [1.165, 1.54) is 5.56 Å². The van der Waals surface area contributed by atoms with Gasteiger partial charge in [-0.3, -0.25) is 0 Å². The second kappa shape index (κ2) is 5.94. The topological polar surface area (TPSA) is 24.1 Å². The molecule has 0 saturated carbocycles. The van der Waals surface area contributed by atoms with Crippen LogP contribution in [-0.2, 0) is 6.54 Å². The molecule has 0 atom stereocenters. The van der Waals surface area contributed by atoms with Crippen LogP contribution in [0, 0.1) is 0 Å². The van der Waals surface area contributed by atoms with Gasteiger partial charge in [0.25, 0.3) is 0 Å². The van der Waals surface area contributed by atoms with E-state index in [-0.39, 0.29) is 0 Å². The molecule has 0 aliphatic rings. The number of hydrogen-bond acceptors (Lipinski definition) is 2. The van der Waals surface area contributed by atoms with Crippen LogP contribution in [0.25, 0.3) is 0 Å². The standard InChI is InChI=1S/C9H14N2S2/c1-2-4-10-9(12)11-6-8-3-5-13-7-8/h3,5,7H,2,4,6H2,1H3,(H2,10,11,12). The Morgan fingerprint density at radius 1 is 1.54 bits per heavy atom. The number of thiocarbonyl (C=S) groups is 1. The Balaban J connectivity index is 2.15. The molecule has 0 radical (unpaired) electrons. The maximum Gasteiger partial charge on any atom is 0.166 e. The lowest BCUT2D eigenvalue weighted by molar-refractivity contribution is 0.800. The van der Waals surface area contributed by atoms with Crippen molar-refractivity contribution in [2.24, 2.45) is 0 Å². The average molecular weight is 214 g/mol. The zero-order valence-corrected chi connectivity index (χ0v) is 9.30. The fourth-order valence-corrected chi connectivity index (χ4v) is 1.72. The molecule has 0 aromatic carbocycles. The van der Waals surface area contributed by atoms with E-state index in [4.69, 9.17) is 12.2 Å². The van der Waals surface area contributed by atoms with Crippen LogP contribution in [0.4, 0.5) is 0 Å². The summed E-state index contributed by atoms with van der Waals surface area (Å²) in [6.45, 7) is 3.88. The highest BCUT2D eigenvalue weighted by atomic mass is 32.1. The third-order valence-electron chi connectivity index (χ3n) is 1.57. The first-order chi connectivity index (χ1) is 6.33. The summed E-state index contributed by atoms with van der Waals surface area (Å²) in [6, 6.07) is 2.10. The molecule has 13 heavy (non-hydrogen) atoms. The highest BCUT2D eigenvalue weighted by Gasteiger charge is 1.94. The molecule has 1 rings (SSSR count). The van der Waals surface area contributed by atoms with Crippen molar-refractivity contribution in [2.45, 2.75) is 19.9 Å². The summed E-state index contributed by atoms with van der Waals surface area (Å²) in [7, 11) is 0. The predicted octanol–water partition coefficient (Wildman–Crippen LogP) is 2.12. The molecule has 2 nitrogen and oxygen atoms in total. The smallest absolute Gasteiger partial charge is 0.166 e. The van der Waals surface area contributed by atoms with E-state index in [1.54, 1.807) is 11.3 Å². The van der Waals surface area contributed by atoms with Crippen molar-refractivity contribution in [3.8, 4) is 0 Å². The molecule has 0 aliphatic carbocycles. The molecule has 4 heteroatoms. The fraction of sp³-hybridized carbons (Fsp3) is 0.444. The van der Waals surface area contributed by atoms with Gasteiger partial charge in [-0.05, 0) is 41.0 Å². The molecule has 0 spiro atoms. The lowest BCUT2D eigenvalue weighted by Gasteiger charge is -2.08. The van der Waals surface area contributed by atoms with Gasteiger partial charge in [0.15, 0.2) is 5.11 Å². The summed E-state index contributed by atoms with van der Waals surface area (Å²) in [6.07, 6.45) is 1.10. The van der Waals surface area contributed by atoms with Gasteiger partial charge in [-0.25, -0.2) is 0 Å². The maximum atomic E-state index is 5.07. The Kier molecular flexibility index (Phi) is 4.78. The zero-order valence-electron chi connectivity index (χ0n) is 7.67. The maximum absolute atomic E-state index is 5.07. The van der Waals surface area contributed by atoms with Gasteiger partial charge in [0.2, 0.25) is 0 Å². The molecule has 72 valence electrons. The summed E-state index contributed by atoms with van der Waals surface area (Å²) in [5.41, 5.74) is 1.28. The molecular weight excluding hydrogens is 200 g/mol. The van der Waals surface area contributed by atoms with Crippen molar-refractivity contribution < 1.29 is 0 Å². The van der Waals surface area contributed by atoms with Crippen LogP contribution in [0.2, 0.25) is 0 Å². The van der Waals surface area contributed by atoms with E-state index in [0.29, 0.717) is 0 Å². The van der Waals surface area contributed by atoms with Gasteiger partial charge >= 0.3 is 0 Å². The minimum atomic E-state index is 0.744. The van der Waals surface area contributed by atoms with Crippen molar-refractivity contribution in [2.75, 3.05) is 6.54 Å². The SMILES string of the molecule is CCCNC(=S)NCc1ccsc1. The zero-order chi connectivity index (χ0) is 9.52. The summed E-state index contributed by atoms with van der Waals surface area (Å²) < 4.78 is 0. The average Bonchev–Trinajstić information content (AvgIpc) is 2.64. The summed E-state index contributed by atoms with van der Waals surface area (Å²) >= 11 is 6.78. The van der Waals surface area contributed by atoms with Gasteiger partial charge in [0, 0.05) is 13.1 Å². The third-order valence-corrected chi connectivity index (χ3v) is 2.59. The third kappa shape index (κ3) is 4.24. The van der Waals surface area contributed by atoms with Crippen molar-refractivity contribution >= 4 is 28.7 Å². The van der Waals surface area contributed by atoms with Crippen LogP contribution in [0.5, 0.6) is 0 Å². The Labute approximate surface area is 88.4 Å². The first-order valence-electron chi connectivity index (χ1n) is 4.35. The molecule has 0 amide bonds. The van der Waals surface area contributed by atoms with Crippen LogP contribution in [0.1, 0.15) is 18.9 Å². The Hall–Kier alpha value is -0.610. The highest BCUT2D eigenvalue weighted by Crippen LogP contribution is 2.04. The minimum Gasteiger partial charge on any atom is -0.363 e. The van der Waals surface area contributed by atoms with Crippen LogP contribution in [0.15, 0.2) is 16.8 Å². The molecule has 0 unspecified atom stereocenters. The summed E-state index contributed by atoms with van der Waals surface area (Å²) in [5.74, 6) is 0. The van der Waals surface area contributed by atoms with E-state index < -0.39 is 0 Å². The monoisotopic (exact) mass is 214 g/mol. The molecule has 1 aromatic heterocycles. The number of hydrogen-bond donors (Lipinski definition) is 2. The lowest BCUT2D eigenvalue weighted by Crippen LogP contribution is -2.34. The molecule has 0 bridgehead atoms. The fourth-order valence-electron chi connectivity index (χ4n) is 0.877. The molecule has 1 aromatic rings. The summed E-state index contributed by atoms with van der Waals surface area (Å²) in [4.78, 5) is 0. The summed E-state index contributed by atoms with van der Waals surface area (Å²) in [5, 5.41) is 11.2. The van der Waals surface area contributed by atoms with Gasteiger partial charge in [-0.2, -0.15) is 11.3 Å². The Morgan fingerprint density at radius 2 is 2.38 bits per heavy atom. The Bertz CT molecular complexity index is 244. The van der Waals surface area contributed by atoms with Crippen LogP contribution in [-0.4, -0.2) is 11.7 Å². The second-order valence-electron chi connectivity index (χ2n) is 2.74. The van der Waals surface area contributed by atoms with E-state index in [2.05, 4.69) is 34.4 Å². The van der Waals surface area contributed by atoms with Crippen molar-refractivity contribution in [3.05, 3.63) is 22.4 Å². The lowest BCUT2D eigenvalue weighted by atomic mass is 10.3. The largest absolute Gasteiger partial charge is 0.363 e. The van der Waals surface area contributed by atoms with Gasteiger partial charge in [-0.1, -0.05) is 6.92 Å². The van der Waals surface area contributed by atoms with Crippen molar-refractivity contribution in [1.82, 2.24) is 10.6 Å². The minimum absolute atomic E-state index is 0.744. The van der Waals surface area contributed by atoms with Crippen LogP contribution < -0.4 is 10.6 Å². The second-order valence-corrected chi connectivity index (χ2v) is 3.93. The highest BCUT2D eigenvalue weighted by molar-refractivity contribution is 7.80. The van der Waals surface area contributed by atoms with Crippen molar-refractivity contribution in [1.29, 1.82) is 0 Å². The van der Waals surface area contributed by atoms with Crippen LogP contribution >= 0.6 is 23.6 Å². The molecule has 2 N–H and O–H groups in total. The molecular formula is C9H14N2S2. The van der Waals surface area contributed by atoms with Crippen molar-refractivity contribution in [3.63, 3.8) is 0 Å². The molecule has 0 aliphatic heterocycles. The predicted molar refractivity (Wildman–Crippen MR) is 62.1 cm³/mol. The normalized spacial score (nSPS) is 9.62. The van der Waals surface area contributed by atoms with E-state index in [1.807, 2.05) is 0 Å². The quantitative estimate of drug-likeness (QED) is 0.751. The van der Waals surface area contributed by atoms with Gasteiger partial charge < -0.3 is 10.6 Å². The Morgan fingerprint density at radius 3 is 3.00 bits per heavy atom. The van der Waals surface area contributed by atoms with Crippen LogP contribution in [0.3, 0.4) is 0 Å². The van der Waals surface area contributed by atoms with E-state index in [0.717, 1.165) is 24.6 Å².